The minimum Gasteiger partial charge on any atom is -0.444 e. The summed E-state index contributed by atoms with van der Waals surface area (Å²) in [4.78, 5) is 15.9. The van der Waals surface area contributed by atoms with Gasteiger partial charge in [0.15, 0.2) is 11.0 Å². The third kappa shape index (κ3) is 4.73. The first-order chi connectivity index (χ1) is 10.2. The van der Waals surface area contributed by atoms with Gasteiger partial charge in [0.1, 0.15) is 5.60 Å². The zero-order valence-corrected chi connectivity index (χ0v) is 14.3. The Labute approximate surface area is 136 Å². The largest absolute Gasteiger partial charge is 0.444 e. The lowest BCUT2D eigenvalue weighted by Gasteiger charge is -2.25. The van der Waals surface area contributed by atoms with Crippen molar-refractivity contribution in [3.05, 3.63) is 17.3 Å². The van der Waals surface area contributed by atoms with Gasteiger partial charge >= 0.3 is 6.09 Å². The molecule has 0 bridgehead atoms. The Morgan fingerprint density at radius 2 is 2.18 bits per heavy atom. The van der Waals surface area contributed by atoms with Crippen LogP contribution < -0.4 is 4.90 Å². The minimum absolute atomic E-state index is 0.232. The maximum atomic E-state index is 12.1. The Morgan fingerprint density at radius 3 is 2.77 bits per heavy atom. The molecule has 0 spiro atoms. The van der Waals surface area contributed by atoms with Gasteiger partial charge in [0.25, 0.3) is 0 Å². The smallest absolute Gasteiger partial charge is 0.410 e. The molecular formula is C15H23ClN4O2. The van der Waals surface area contributed by atoms with E-state index in [1.165, 1.54) is 0 Å². The third-order valence-corrected chi connectivity index (χ3v) is 3.68. The molecule has 0 N–H and O–H groups in total. The van der Waals surface area contributed by atoms with Gasteiger partial charge in [0, 0.05) is 26.7 Å². The molecule has 0 aromatic carbocycles. The standard InChI is InChI=1S/C15H23ClN4O2/c1-15(2,3)22-14(21)20-8-7-11(10-20)9-19(4)13-6-5-12(16)17-18-13/h5-6,11H,7-10H2,1-4H3/t11-/m0/s1. The van der Waals surface area contributed by atoms with Crippen molar-refractivity contribution >= 4 is 23.5 Å². The molecule has 0 unspecified atom stereocenters. The highest BCUT2D eigenvalue weighted by Gasteiger charge is 2.30. The van der Waals surface area contributed by atoms with Gasteiger partial charge in [-0.1, -0.05) is 11.6 Å². The van der Waals surface area contributed by atoms with Crippen LogP contribution in [-0.4, -0.2) is 53.5 Å². The maximum absolute atomic E-state index is 12.1. The fraction of sp³-hybridized carbons (Fsp3) is 0.667. The quantitative estimate of drug-likeness (QED) is 0.854. The number of halogens is 1. The van der Waals surface area contributed by atoms with E-state index >= 15 is 0 Å². The number of nitrogens with zero attached hydrogens (tertiary/aromatic N) is 4. The molecule has 0 saturated carbocycles. The molecule has 1 aliphatic heterocycles. The molecule has 2 heterocycles. The van der Waals surface area contributed by atoms with Crippen LogP contribution in [0, 0.1) is 5.92 Å². The van der Waals surface area contributed by atoms with Gasteiger partial charge in [0.2, 0.25) is 0 Å². The van der Waals surface area contributed by atoms with Crippen LogP contribution in [0.4, 0.5) is 10.6 Å². The molecule has 7 heteroatoms. The highest BCUT2D eigenvalue weighted by atomic mass is 35.5. The number of likely N-dealkylation sites (tertiary alicyclic amines) is 1. The van der Waals surface area contributed by atoms with Crippen LogP contribution in [0.5, 0.6) is 0 Å². The van der Waals surface area contributed by atoms with Crippen LogP contribution in [-0.2, 0) is 4.74 Å². The number of hydrogen-bond donors (Lipinski definition) is 0. The summed E-state index contributed by atoms with van der Waals surface area (Å²) in [6.45, 7) is 7.90. The average Bonchev–Trinajstić information content (AvgIpc) is 2.86. The van der Waals surface area contributed by atoms with Crippen molar-refractivity contribution < 1.29 is 9.53 Å². The topological polar surface area (TPSA) is 58.6 Å². The summed E-state index contributed by atoms with van der Waals surface area (Å²) in [5.41, 5.74) is -0.454. The Hall–Kier alpha value is -1.56. The molecule has 122 valence electrons. The average molecular weight is 327 g/mol. The van der Waals surface area contributed by atoms with Gasteiger partial charge in [-0.15, -0.1) is 10.2 Å². The molecule has 1 aliphatic rings. The van der Waals surface area contributed by atoms with Crippen molar-refractivity contribution in [1.82, 2.24) is 15.1 Å². The van der Waals surface area contributed by atoms with Gasteiger partial charge in [-0.2, -0.15) is 0 Å². The second-order valence-corrected chi connectivity index (χ2v) is 7.06. The third-order valence-electron chi connectivity index (χ3n) is 3.48. The molecule has 2 rings (SSSR count). The van der Waals surface area contributed by atoms with Crippen molar-refractivity contribution in [3.8, 4) is 0 Å². The number of anilines is 1. The molecule has 22 heavy (non-hydrogen) atoms. The number of ether oxygens (including phenoxy) is 1. The van der Waals surface area contributed by atoms with E-state index in [9.17, 15) is 4.79 Å². The van der Waals surface area contributed by atoms with Gasteiger partial charge in [-0.25, -0.2) is 4.79 Å². The summed E-state index contributed by atoms with van der Waals surface area (Å²) in [7, 11) is 1.97. The van der Waals surface area contributed by atoms with Crippen LogP contribution >= 0.6 is 11.6 Å². The first kappa shape index (κ1) is 16.8. The van der Waals surface area contributed by atoms with Crippen LogP contribution in [0.2, 0.25) is 5.15 Å². The second-order valence-electron chi connectivity index (χ2n) is 6.68. The SMILES string of the molecule is CN(C[C@@H]1CCN(C(=O)OC(C)(C)C)C1)c1ccc(Cl)nn1. The van der Waals surface area contributed by atoms with Crippen molar-refractivity contribution in [2.75, 3.05) is 31.6 Å². The summed E-state index contributed by atoms with van der Waals surface area (Å²) in [5, 5.41) is 8.29. The van der Waals surface area contributed by atoms with Gasteiger partial charge in [0.05, 0.1) is 0 Å². The Balaban J connectivity index is 1.85. The van der Waals surface area contributed by atoms with Crippen LogP contribution in [0.3, 0.4) is 0 Å². The minimum atomic E-state index is -0.454. The summed E-state index contributed by atoms with van der Waals surface area (Å²) in [6.07, 6.45) is 0.730. The normalized spacial score (nSPS) is 18.4. The van der Waals surface area contributed by atoms with Gasteiger partial charge in [-0.3, -0.25) is 0 Å². The summed E-state index contributed by atoms with van der Waals surface area (Å²) >= 11 is 5.74. The molecule has 0 aliphatic carbocycles. The van der Waals surface area contributed by atoms with E-state index in [1.807, 2.05) is 38.8 Å². The molecule has 1 fully saturated rings. The number of carbonyl (C=O) groups is 1. The molecule has 1 saturated heterocycles. The molecule has 1 amide bonds. The zero-order valence-electron chi connectivity index (χ0n) is 13.5. The zero-order chi connectivity index (χ0) is 16.3. The van der Waals surface area contributed by atoms with E-state index in [0.29, 0.717) is 17.6 Å². The lowest BCUT2D eigenvalue weighted by atomic mass is 10.1. The number of hydrogen-bond acceptors (Lipinski definition) is 5. The van der Waals surface area contributed by atoms with Gasteiger partial charge in [-0.05, 0) is 45.2 Å². The summed E-state index contributed by atoms with van der Waals surface area (Å²) in [6, 6.07) is 3.57. The predicted octanol–water partition coefficient (Wildman–Crippen LogP) is 2.82. The molecule has 1 aromatic rings. The molecule has 6 nitrogen and oxygen atoms in total. The second kappa shape index (κ2) is 6.69. The van der Waals surface area contributed by atoms with E-state index < -0.39 is 5.60 Å². The van der Waals surface area contributed by atoms with Crippen LogP contribution in [0.25, 0.3) is 0 Å². The lowest BCUT2D eigenvalue weighted by Crippen LogP contribution is -2.36. The molecule has 1 aromatic heterocycles. The highest BCUT2D eigenvalue weighted by molar-refractivity contribution is 6.29. The number of carbonyl (C=O) groups excluding carboxylic acids is 1. The first-order valence-electron chi connectivity index (χ1n) is 7.43. The molecule has 1 atom stereocenters. The molecular weight excluding hydrogens is 304 g/mol. The monoisotopic (exact) mass is 326 g/mol. The highest BCUT2D eigenvalue weighted by Crippen LogP contribution is 2.21. The number of amides is 1. The van der Waals surface area contributed by atoms with E-state index in [4.69, 9.17) is 16.3 Å². The fourth-order valence-electron chi connectivity index (χ4n) is 2.47. The van der Waals surface area contributed by atoms with Crippen LogP contribution in [0.15, 0.2) is 12.1 Å². The van der Waals surface area contributed by atoms with E-state index in [2.05, 4.69) is 10.2 Å². The number of rotatable bonds is 3. The predicted molar refractivity (Wildman–Crippen MR) is 86.2 cm³/mol. The van der Waals surface area contributed by atoms with E-state index in [-0.39, 0.29) is 6.09 Å². The van der Waals surface area contributed by atoms with Crippen molar-refractivity contribution in [2.45, 2.75) is 32.8 Å². The summed E-state index contributed by atoms with van der Waals surface area (Å²) < 4.78 is 5.41. The van der Waals surface area contributed by atoms with Crippen molar-refractivity contribution in [2.24, 2.45) is 5.92 Å². The maximum Gasteiger partial charge on any atom is 0.410 e. The van der Waals surface area contributed by atoms with E-state index in [0.717, 1.165) is 25.3 Å². The lowest BCUT2D eigenvalue weighted by molar-refractivity contribution is 0.0288. The van der Waals surface area contributed by atoms with Crippen LogP contribution in [0.1, 0.15) is 27.2 Å². The van der Waals surface area contributed by atoms with E-state index in [1.54, 1.807) is 11.0 Å². The number of aromatic nitrogens is 2. The first-order valence-corrected chi connectivity index (χ1v) is 7.81. The fourth-order valence-corrected chi connectivity index (χ4v) is 2.57. The Bertz CT molecular complexity index is 515. The van der Waals surface area contributed by atoms with Gasteiger partial charge < -0.3 is 14.5 Å². The Kier molecular flexibility index (Phi) is 5.11. The Morgan fingerprint density at radius 1 is 1.45 bits per heavy atom. The van der Waals surface area contributed by atoms with Crippen molar-refractivity contribution in [3.63, 3.8) is 0 Å². The van der Waals surface area contributed by atoms with Crippen molar-refractivity contribution in [1.29, 1.82) is 0 Å². The molecule has 0 radical (unpaired) electrons. The summed E-state index contributed by atoms with van der Waals surface area (Å²) in [5.74, 6) is 1.18.